The van der Waals surface area contributed by atoms with Crippen molar-refractivity contribution in [2.45, 2.75) is 33.2 Å². The van der Waals surface area contributed by atoms with Crippen molar-refractivity contribution in [3.63, 3.8) is 0 Å². The highest BCUT2D eigenvalue weighted by molar-refractivity contribution is 7.11. The van der Waals surface area contributed by atoms with E-state index in [9.17, 15) is 0 Å². The van der Waals surface area contributed by atoms with E-state index >= 15 is 0 Å². The second kappa shape index (κ2) is 7.34. The van der Waals surface area contributed by atoms with Crippen molar-refractivity contribution in [3.8, 4) is 0 Å². The third-order valence-electron chi connectivity index (χ3n) is 4.49. The number of hydrogen-bond acceptors (Lipinski definition) is 4. The second-order valence-corrected chi connectivity index (χ2v) is 7.76. The summed E-state index contributed by atoms with van der Waals surface area (Å²) >= 11 is 1.76. The van der Waals surface area contributed by atoms with E-state index in [1.165, 1.54) is 16.9 Å². The van der Waals surface area contributed by atoms with Crippen molar-refractivity contribution in [1.29, 1.82) is 0 Å². The number of rotatable bonds is 4. The number of thiazole rings is 1. The quantitative estimate of drug-likeness (QED) is 0.681. The van der Waals surface area contributed by atoms with Crippen LogP contribution in [0.1, 0.15) is 27.6 Å². The van der Waals surface area contributed by atoms with Gasteiger partial charge >= 0.3 is 0 Å². The van der Waals surface area contributed by atoms with Gasteiger partial charge in [0.2, 0.25) is 0 Å². The Morgan fingerprint density at radius 2 is 2.29 bits per heavy atom. The maximum Gasteiger partial charge on any atom is 0.193 e. The van der Waals surface area contributed by atoms with Gasteiger partial charge in [-0.05, 0) is 38.2 Å². The molecule has 1 aliphatic rings. The molecule has 3 rings (SSSR count). The summed E-state index contributed by atoms with van der Waals surface area (Å²) in [5, 5.41) is 8.89. The molecule has 0 spiro atoms. The standard InChI is InChI=1S/C17H26N6S/c1-12-16(24-13(2)21-12)9-19-17(18-3)23-6-5-14(11-23)7-15-8-20-22(4)10-15/h8,10,14H,5-7,9,11H2,1-4H3,(H,18,19). The van der Waals surface area contributed by atoms with Gasteiger partial charge in [-0.1, -0.05) is 0 Å². The number of nitrogens with zero attached hydrogens (tertiary/aromatic N) is 5. The lowest BCUT2D eigenvalue weighted by atomic mass is 10.0. The molecule has 7 heteroatoms. The highest BCUT2D eigenvalue weighted by atomic mass is 32.1. The Morgan fingerprint density at radius 3 is 2.92 bits per heavy atom. The predicted octanol–water partition coefficient (Wildman–Crippen LogP) is 2.13. The molecule has 1 aliphatic heterocycles. The molecule has 1 atom stereocenters. The topological polar surface area (TPSA) is 58.3 Å². The van der Waals surface area contributed by atoms with Crippen molar-refractivity contribution >= 4 is 17.3 Å². The van der Waals surface area contributed by atoms with Crippen LogP contribution in [0.3, 0.4) is 0 Å². The Balaban J connectivity index is 1.54. The molecule has 2 aromatic heterocycles. The van der Waals surface area contributed by atoms with Crippen LogP contribution < -0.4 is 5.32 Å². The Labute approximate surface area is 147 Å². The number of aryl methyl sites for hydroxylation is 3. The van der Waals surface area contributed by atoms with Crippen LogP contribution in [0, 0.1) is 19.8 Å². The molecule has 6 nitrogen and oxygen atoms in total. The van der Waals surface area contributed by atoms with E-state index in [1.54, 1.807) is 11.3 Å². The minimum absolute atomic E-state index is 0.667. The summed E-state index contributed by atoms with van der Waals surface area (Å²) < 4.78 is 1.88. The zero-order valence-corrected chi connectivity index (χ0v) is 15.7. The first-order valence-electron chi connectivity index (χ1n) is 8.41. The van der Waals surface area contributed by atoms with Crippen molar-refractivity contribution in [2.75, 3.05) is 20.1 Å². The molecule has 0 bridgehead atoms. The summed E-state index contributed by atoms with van der Waals surface area (Å²) in [6.07, 6.45) is 6.39. The van der Waals surface area contributed by atoms with Crippen LogP contribution >= 0.6 is 11.3 Å². The smallest absolute Gasteiger partial charge is 0.193 e. The summed E-state index contributed by atoms with van der Waals surface area (Å²) in [6, 6.07) is 0. The van der Waals surface area contributed by atoms with Crippen molar-refractivity contribution < 1.29 is 0 Å². The number of guanidine groups is 1. The summed E-state index contributed by atoms with van der Waals surface area (Å²) in [7, 11) is 3.83. The van der Waals surface area contributed by atoms with Gasteiger partial charge in [0.25, 0.3) is 0 Å². The van der Waals surface area contributed by atoms with Gasteiger partial charge in [0, 0.05) is 38.3 Å². The van der Waals surface area contributed by atoms with Gasteiger partial charge in [-0.3, -0.25) is 9.67 Å². The molecule has 0 amide bonds. The van der Waals surface area contributed by atoms with Crippen LogP contribution in [0.25, 0.3) is 0 Å². The maximum atomic E-state index is 4.49. The molecule has 0 saturated carbocycles. The molecular weight excluding hydrogens is 320 g/mol. The molecule has 0 aliphatic carbocycles. The zero-order valence-electron chi connectivity index (χ0n) is 14.9. The number of nitrogens with one attached hydrogen (secondary N) is 1. The second-order valence-electron chi connectivity index (χ2n) is 6.47. The third kappa shape index (κ3) is 3.95. The summed E-state index contributed by atoms with van der Waals surface area (Å²) in [6.45, 7) is 7.04. The maximum absolute atomic E-state index is 4.49. The summed E-state index contributed by atoms with van der Waals surface area (Å²) in [5.41, 5.74) is 2.44. The molecule has 1 unspecified atom stereocenters. The fraction of sp³-hybridized carbons (Fsp3) is 0.588. The molecule has 0 aromatic carbocycles. The normalized spacial score (nSPS) is 18.4. The first kappa shape index (κ1) is 17.0. The minimum atomic E-state index is 0.667. The fourth-order valence-electron chi connectivity index (χ4n) is 3.33. The van der Waals surface area contributed by atoms with E-state index in [4.69, 9.17) is 0 Å². The van der Waals surface area contributed by atoms with Crippen LogP contribution in [0.5, 0.6) is 0 Å². The highest BCUT2D eigenvalue weighted by Crippen LogP contribution is 2.21. The van der Waals surface area contributed by atoms with Crippen molar-refractivity contribution in [3.05, 3.63) is 33.5 Å². The fourth-order valence-corrected chi connectivity index (χ4v) is 4.21. The van der Waals surface area contributed by atoms with E-state index in [2.05, 4.69) is 45.3 Å². The largest absolute Gasteiger partial charge is 0.351 e. The SMILES string of the molecule is CN=C(NCc1sc(C)nc1C)N1CCC(Cc2cnn(C)c2)C1. The molecule has 24 heavy (non-hydrogen) atoms. The van der Waals surface area contributed by atoms with E-state index in [0.29, 0.717) is 5.92 Å². The van der Waals surface area contributed by atoms with Gasteiger partial charge in [-0.15, -0.1) is 11.3 Å². The van der Waals surface area contributed by atoms with Gasteiger partial charge in [0.15, 0.2) is 5.96 Å². The molecule has 1 fully saturated rings. The summed E-state index contributed by atoms with van der Waals surface area (Å²) in [5.74, 6) is 1.66. The van der Waals surface area contributed by atoms with Gasteiger partial charge in [-0.25, -0.2) is 4.98 Å². The van der Waals surface area contributed by atoms with Crippen LogP contribution in [0.15, 0.2) is 17.4 Å². The lowest BCUT2D eigenvalue weighted by Gasteiger charge is -2.21. The van der Waals surface area contributed by atoms with E-state index in [0.717, 1.165) is 42.7 Å². The van der Waals surface area contributed by atoms with Crippen LogP contribution in [-0.2, 0) is 20.0 Å². The minimum Gasteiger partial charge on any atom is -0.351 e. The number of aromatic nitrogens is 3. The molecule has 0 radical (unpaired) electrons. The number of hydrogen-bond donors (Lipinski definition) is 1. The van der Waals surface area contributed by atoms with Gasteiger partial charge < -0.3 is 10.2 Å². The average Bonchev–Trinajstić information content (AvgIpc) is 3.23. The molecule has 3 heterocycles. The van der Waals surface area contributed by atoms with Crippen LogP contribution in [0.2, 0.25) is 0 Å². The molecule has 1 N–H and O–H groups in total. The van der Waals surface area contributed by atoms with Gasteiger partial charge in [0.05, 0.1) is 23.4 Å². The summed E-state index contributed by atoms with van der Waals surface area (Å²) in [4.78, 5) is 12.6. The lowest BCUT2D eigenvalue weighted by molar-refractivity contribution is 0.460. The van der Waals surface area contributed by atoms with Crippen molar-refractivity contribution in [2.24, 2.45) is 18.0 Å². The number of likely N-dealkylation sites (tertiary alicyclic amines) is 1. The Hall–Kier alpha value is -1.89. The highest BCUT2D eigenvalue weighted by Gasteiger charge is 2.25. The third-order valence-corrected chi connectivity index (χ3v) is 5.56. The monoisotopic (exact) mass is 346 g/mol. The predicted molar refractivity (Wildman–Crippen MR) is 98.4 cm³/mol. The first-order chi connectivity index (χ1) is 11.5. The molecule has 130 valence electrons. The van der Waals surface area contributed by atoms with E-state index in [1.807, 2.05) is 25.0 Å². The molecule has 2 aromatic rings. The van der Waals surface area contributed by atoms with Crippen LogP contribution in [0.4, 0.5) is 0 Å². The zero-order chi connectivity index (χ0) is 17.1. The number of aliphatic imine (C=N–C) groups is 1. The average molecular weight is 347 g/mol. The lowest BCUT2D eigenvalue weighted by Crippen LogP contribution is -2.39. The van der Waals surface area contributed by atoms with Gasteiger partial charge in [0.1, 0.15) is 0 Å². The van der Waals surface area contributed by atoms with Gasteiger partial charge in [-0.2, -0.15) is 5.10 Å². The molecule has 1 saturated heterocycles. The Bertz CT molecular complexity index is 716. The first-order valence-corrected chi connectivity index (χ1v) is 9.23. The Kier molecular flexibility index (Phi) is 5.18. The van der Waals surface area contributed by atoms with E-state index < -0.39 is 0 Å². The Morgan fingerprint density at radius 1 is 1.46 bits per heavy atom. The van der Waals surface area contributed by atoms with Crippen molar-refractivity contribution in [1.82, 2.24) is 25.0 Å². The van der Waals surface area contributed by atoms with E-state index in [-0.39, 0.29) is 0 Å². The molecular formula is C17H26N6S. The van der Waals surface area contributed by atoms with Crippen LogP contribution in [-0.4, -0.2) is 45.8 Å².